The van der Waals surface area contributed by atoms with Gasteiger partial charge in [0.2, 0.25) is 0 Å². The smallest absolute Gasteiger partial charge is 0.261 e. The molecule has 2 bridgehead atoms. The minimum Gasteiger partial charge on any atom is -0.382 e. The molecular formula is C19H20ClN7O. The number of pyridine rings is 1. The highest BCUT2D eigenvalue weighted by atomic mass is 35.5. The molecule has 1 fully saturated rings. The lowest BCUT2D eigenvalue weighted by molar-refractivity contribution is 0.281. The monoisotopic (exact) mass is 397 g/mol. The Balaban J connectivity index is 1.53. The van der Waals surface area contributed by atoms with Crippen molar-refractivity contribution in [1.29, 1.82) is 0 Å². The highest BCUT2D eigenvalue weighted by molar-refractivity contribution is 6.35. The normalized spacial score (nSPS) is 20.9. The average molecular weight is 398 g/mol. The molecule has 9 heteroatoms. The summed E-state index contributed by atoms with van der Waals surface area (Å²) in [4.78, 5) is 28.0. The van der Waals surface area contributed by atoms with E-state index < -0.39 is 0 Å². The zero-order valence-corrected chi connectivity index (χ0v) is 16.2. The van der Waals surface area contributed by atoms with Crippen LogP contribution in [0.5, 0.6) is 0 Å². The number of fused-ring (bicyclic) bond motifs is 4. The number of rotatable bonds is 2. The SMILES string of the molecule is Cn1ccnc1-c1ccc2n(c1=O)C[C@H]1C[C@@H]2CN(c2ncnc(N)c2Cl)C1. The van der Waals surface area contributed by atoms with Crippen LogP contribution in [-0.4, -0.2) is 37.2 Å². The first-order chi connectivity index (χ1) is 13.5. The fraction of sp³-hybridized carbons (Fsp3) is 0.368. The number of piperidine rings is 1. The summed E-state index contributed by atoms with van der Waals surface area (Å²) in [7, 11) is 1.90. The van der Waals surface area contributed by atoms with Crippen molar-refractivity contribution in [2.45, 2.75) is 18.9 Å². The van der Waals surface area contributed by atoms with Gasteiger partial charge in [-0.3, -0.25) is 4.79 Å². The van der Waals surface area contributed by atoms with Gasteiger partial charge in [0, 0.05) is 50.7 Å². The maximum atomic E-state index is 13.2. The molecule has 2 aliphatic rings. The standard InChI is InChI=1S/C19H20ClN7O/c1-25-5-4-22-17(25)13-2-3-14-12-6-11(8-27(14)19(13)28)7-26(9-12)18-15(20)16(21)23-10-24-18/h2-5,10-12H,6-9H2,1H3,(H2,21,23,24)/t11-,12+/m0/s1. The molecule has 8 nitrogen and oxygen atoms in total. The van der Waals surface area contributed by atoms with E-state index in [1.54, 1.807) is 6.20 Å². The lowest BCUT2D eigenvalue weighted by atomic mass is 9.83. The summed E-state index contributed by atoms with van der Waals surface area (Å²) in [6, 6.07) is 3.96. The zero-order chi connectivity index (χ0) is 19.4. The summed E-state index contributed by atoms with van der Waals surface area (Å²) in [6.07, 6.45) is 6.06. The number of anilines is 2. The molecule has 0 spiro atoms. The van der Waals surface area contributed by atoms with Gasteiger partial charge in [-0.15, -0.1) is 0 Å². The molecule has 0 aliphatic carbocycles. The number of nitrogens with zero attached hydrogens (tertiary/aromatic N) is 6. The molecule has 5 rings (SSSR count). The Bertz CT molecular complexity index is 1120. The quantitative estimate of drug-likeness (QED) is 0.709. The lowest BCUT2D eigenvalue weighted by Gasteiger charge is -2.43. The Morgan fingerprint density at radius 1 is 1.18 bits per heavy atom. The molecule has 0 amide bonds. The van der Waals surface area contributed by atoms with Crippen LogP contribution in [-0.2, 0) is 13.6 Å². The summed E-state index contributed by atoms with van der Waals surface area (Å²) in [6.45, 7) is 2.21. The second kappa shape index (κ2) is 6.34. The zero-order valence-electron chi connectivity index (χ0n) is 15.4. The average Bonchev–Trinajstić information content (AvgIpc) is 3.10. The highest BCUT2D eigenvalue weighted by Gasteiger charge is 2.36. The van der Waals surface area contributed by atoms with Crippen molar-refractivity contribution < 1.29 is 0 Å². The molecule has 0 saturated carbocycles. The third-order valence-electron chi connectivity index (χ3n) is 5.76. The van der Waals surface area contributed by atoms with Crippen LogP contribution in [0.1, 0.15) is 18.0 Å². The van der Waals surface area contributed by atoms with Crippen molar-refractivity contribution in [2.24, 2.45) is 13.0 Å². The van der Waals surface area contributed by atoms with Gasteiger partial charge in [-0.1, -0.05) is 11.6 Å². The van der Waals surface area contributed by atoms with E-state index in [1.807, 2.05) is 28.4 Å². The maximum Gasteiger partial charge on any atom is 0.261 e. The molecule has 5 heterocycles. The van der Waals surface area contributed by atoms with E-state index >= 15 is 0 Å². The third kappa shape index (κ3) is 2.59. The maximum absolute atomic E-state index is 13.2. The Hall–Kier alpha value is -2.87. The predicted molar refractivity (Wildman–Crippen MR) is 107 cm³/mol. The summed E-state index contributed by atoms with van der Waals surface area (Å²) in [5.41, 5.74) is 7.57. The van der Waals surface area contributed by atoms with Gasteiger partial charge in [-0.2, -0.15) is 0 Å². The predicted octanol–water partition coefficient (Wildman–Crippen LogP) is 1.90. The number of aromatic nitrogens is 5. The molecule has 1 saturated heterocycles. The molecule has 28 heavy (non-hydrogen) atoms. The topological polar surface area (TPSA) is 94.9 Å². The van der Waals surface area contributed by atoms with E-state index in [1.165, 1.54) is 6.33 Å². The van der Waals surface area contributed by atoms with Crippen LogP contribution in [0.2, 0.25) is 5.02 Å². The van der Waals surface area contributed by atoms with Crippen molar-refractivity contribution in [3.63, 3.8) is 0 Å². The lowest BCUT2D eigenvalue weighted by Crippen LogP contribution is -2.47. The molecule has 3 aromatic rings. The van der Waals surface area contributed by atoms with Crippen molar-refractivity contribution >= 4 is 23.2 Å². The second-order valence-electron chi connectivity index (χ2n) is 7.55. The first-order valence-electron chi connectivity index (χ1n) is 9.25. The van der Waals surface area contributed by atoms with Gasteiger partial charge in [0.25, 0.3) is 5.56 Å². The molecule has 2 N–H and O–H groups in total. The number of halogens is 1. The third-order valence-corrected chi connectivity index (χ3v) is 6.13. The Morgan fingerprint density at radius 3 is 2.82 bits per heavy atom. The Morgan fingerprint density at radius 2 is 2.04 bits per heavy atom. The van der Waals surface area contributed by atoms with Gasteiger partial charge in [0.15, 0.2) is 5.82 Å². The van der Waals surface area contributed by atoms with Gasteiger partial charge < -0.3 is 19.8 Å². The largest absolute Gasteiger partial charge is 0.382 e. The fourth-order valence-corrected chi connectivity index (χ4v) is 4.73. The van der Waals surface area contributed by atoms with Gasteiger partial charge in [0.05, 0.1) is 5.56 Å². The number of nitrogen functional groups attached to an aromatic ring is 1. The molecule has 2 atom stereocenters. The fourth-order valence-electron chi connectivity index (χ4n) is 4.51. The van der Waals surface area contributed by atoms with Gasteiger partial charge in [0.1, 0.15) is 23.0 Å². The van der Waals surface area contributed by atoms with Crippen molar-refractivity contribution in [3.05, 3.63) is 51.9 Å². The van der Waals surface area contributed by atoms with Crippen LogP contribution < -0.4 is 16.2 Å². The van der Waals surface area contributed by atoms with Crippen LogP contribution in [0.15, 0.2) is 35.6 Å². The molecule has 0 aromatic carbocycles. The first kappa shape index (κ1) is 17.2. The number of aryl methyl sites for hydroxylation is 1. The number of imidazole rings is 1. The van der Waals surface area contributed by atoms with E-state index in [4.69, 9.17) is 17.3 Å². The van der Waals surface area contributed by atoms with Gasteiger partial charge >= 0.3 is 0 Å². The van der Waals surface area contributed by atoms with Crippen LogP contribution in [0, 0.1) is 5.92 Å². The van der Waals surface area contributed by atoms with Crippen LogP contribution in [0.3, 0.4) is 0 Å². The Labute approximate surface area is 166 Å². The number of hydrogen-bond donors (Lipinski definition) is 1. The first-order valence-corrected chi connectivity index (χ1v) is 9.63. The minimum atomic E-state index is 0.0271. The summed E-state index contributed by atoms with van der Waals surface area (Å²) < 4.78 is 3.80. The second-order valence-corrected chi connectivity index (χ2v) is 7.93. The van der Waals surface area contributed by atoms with Gasteiger partial charge in [-0.05, 0) is 24.5 Å². The van der Waals surface area contributed by atoms with Crippen LogP contribution >= 0.6 is 11.6 Å². The molecular weight excluding hydrogens is 378 g/mol. The highest BCUT2D eigenvalue weighted by Crippen LogP contribution is 2.39. The number of nitrogens with two attached hydrogens (primary N) is 1. The molecule has 2 aliphatic heterocycles. The summed E-state index contributed by atoms with van der Waals surface area (Å²) in [5.74, 6) is 2.24. The number of hydrogen-bond acceptors (Lipinski definition) is 6. The van der Waals surface area contributed by atoms with E-state index in [-0.39, 0.29) is 11.5 Å². The summed E-state index contributed by atoms with van der Waals surface area (Å²) >= 11 is 6.35. The molecule has 144 valence electrons. The molecule has 0 radical (unpaired) electrons. The summed E-state index contributed by atoms with van der Waals surface area (Å²) in [5, 5.41) is 0.394. The van der Waals surface area contributed by atoms with Crippen LogP contribution in [0.25, 0.3) is 11.4 Å². The molecule has 0 unspecified atom stereocenters. The minimum absolute atomic E-state index is 0.0271. The van der Waals surface area contributed by atoms with Crippen molar-refractivity contribution in [2.75, 3.05) is 23.7 Å². The van der Waals surface area contributed by atoms with Gasteiger partial charge in [-0.25, -0.2) is 15.0 Å². The van der Waals surface area contributed by atoms with E-state index in [2.05, 4.69) is 25.9 Å². The van der Waals surface area contributed by atoms with E-state index in [0.717, 1.165) is 25.2 Å². The van der Waals surface area contributed by atoms with Crippen LogP contribution in [0.4, 0.5) is 11.6 Å². The Kier molecular flexibility index (Phi) is 3.90. The van der Waals surface area contributed by atoms with Crippen molar-refractivity contribution in [1.82, 2.24) is 24.1 Å². The van der Waals surface area contributed by atoms with E-state index in [9.17, 15) is 4.79 Å². The molecule has 3 aromatic heterocycles. The van der Waals surface area contributed by atoms with Crippen molar-refractivity contribution in [3.8, 4) is 11.4 Å². The van der Waals surface area contributed by atoms with E-state index in [0.29, 0.717) is 40.5 Å².